The Hall–Kier alpha value is -2.55. The summed E-state index contributed by atoms with van der Waals surface area (Å²) >= 11 is 0. The first-order chi connectivity index (χ1) is 37.5. The van der Waals surface area contributed by atoms with Crippen molar-refractivity contribution < 1.29 is 42.1 Å². The third-order valence-electron chi connectivity index (χ3n) is 14.0. The molecule has 0 fully saturated rings. The van der Waals surface area contributed by atoms with E-state index in [1.165, 1.54) is 173 Å². The second-order valence-electron chi connectivity index (χ2n) is 22.8. The predicted octanol–water partition coefficient (Wildman–Crippen LogP) is 20.4. The number of phosphoric acid groups is 1. The van der Waals surface area contributed by atoms with Crippen LogP contribution in [0, 0.1) is 0 Å². The van der Waals surface area contributed by atoms with Crippen molar-refractivity contribution in [2.75, 3.05) is 47.5 Å². The summed E-state index contributed by atoms with van der Waals surface area (Å²) in [6, 6.07) is 0. The number of esters is 2. The molecule has 0 aliphatic heterocycles. The van der Waals surface area contributed by atoms with Crippen LogP contribution in [-0.2, 0) is 32.7 Å². The van der Waals surface area contributed by atoms with Gasteiger partial charge in [-0.1, -0.05) is 286 Å². The van der Waals surface area contributed by atoms with E-state index in [4.69, 9.17) is 18.5 Å². The van der Waals surface area contributed by atoms with Gasteiger partial charge >= 0.3 is 19.8 Å². The van der Waals surface area contributed by atoms with E-state index in [0.717, 1.165) is 83.5 Å². The Kier molecular flexibility index (Phi) is 56.2. The van der Waals surface area contributed by atoms with Gasteiger partial charge in [-0.2, -0.15) is 0 Å². The molecule has 0 saturated heterocycles. The maximum absolute atomic E-state index is 12.9. The summed E-state index contributed by atoms with van der Waals surface area (Å²) in [5, 5.41) is 0. The zero-order valence-corrected chi connectivity index (χ0v) is 51.8. The Balaban J connectivity index is 4.11. The van der Waals surface area contributed by atoms with Gasteiger partial charge in [-0.05, 0) is 64.2 Å². The highest BCUT2D eigenvalue weighted by atomic mass is 31.2. The zero-order valence-electron chi connectivity index (χ0n) is 50.9. The zero-order chi connectivity index (χ0) is 56.3. The summed E-state index contributed by atoms with van der Waals surface area (Å²) in [5.41, 5.74) is 0. The van der Waals surface area contributed by atoms with Crippen molar-refractivity contribution in [3.8, 4) is 0 Å². The first kappa shape index (κ1) is 74.5. The molecule has 0 heterocycles. The number of quaternary nitrogens is 1. The molecular weight excluding hydrogens is 978 g/mol. The van der Waals surface area contributed by atoms with Gasteiger partial charge in [0.15, 0.2) is 6.10 Å². The van der Waals surface area contributed by atoms with Crippen LogP contribution < -0.4 is 0 Å². The summed E-state index contributed by atoms with van der Waals surface area (Å²) in [7, 11) is 1.48. The molecule has 0 spiro atoms. The van der Waals surface area contributed by atoms with Gasteiger partial charge in [0.2, 0.25) is 0 Å². The number of likely N-dealkylation sites (N-methyl/N-ethyl adjacent to an activating group) is 1. The van der Waals surface area contributed by atoms with Crippen molar-refractivity contribution in [2.45, 2.75) is 296 Å². The van der Waals surface area contributed by atoms with Crippen LogP contribution >= 0.6 is 7.82 Å². The monoisotopic (exact) mass is 1100 g/mol. The SMILES string of the molecule is CC/C=C\C/C=C\C/C=C\C/C=C\C/C=C\C/C=C\CCCCCCCCCCCCC(=O)OC(COC(=O)CCCCCCCCCCCCCCCCCCCCCCCCCC)COP(=O)(O)OCC[N+](C)(C)C. The number of hydrogen-bond acceptors (Lipinski definition) is 7. The summed E-state index contributed by atoms with van der Waals surface area (Å²) in [4.78, 5) is 35.8. The van der Waals surface area contributed by atoms with Gasteiger partial charge in [0, 0.05) is 12.8 Å². The number of hydrogen-bond donors (Lipinski definition) is 1. The predicted molar refractivity (Wildman–Crippen MR) is 330 cm³/mol. The fraction of sp³-hybridized carbons (Fsp3) is 0.791. The van der Waals surface area contributed by atoms with Crippen LogP contribution in [0.4, 0.5) is 0 Å². The van der Waals surface area contributed by atoms with E-state index in [1.807, 2.05) is 21.1 Å². The van der Waals surface area contributed by atoms with Gasteiger partial charge < -0.3 is 18.9 Å². The van der Waals surface area contributed by atoms with Crippen LogP contribution in [0.2, 0.25) is 0 Å². The molecule has 0 rings (SSSR count). The van der Waals surface area contributed by atoms with E-state index < -0.39 is 26.5 Å². The van der Waals surface area contributed by atoms with Crippen LogP contribution in [0.1, 0.15) is 290 Å². The normalized spacial score (nSPS) is 13.7. The largest absolute Gasteiger partial charge is 0.472 e. The quantitative estimate of drug-likeness (QED) is 0.0211. The molecule has 448 valence electrons. The maximum Gasteiger partial charge on any atom is 0.472 e. The van der Waals surface area contributed by atoms with Crippen molar-refractivity contribution >= 4 is 19.8 Å². The summed E-state index contributed by atoms with van der Waals surface area (Å²) in [5.74, 6) is -0.792. The van der Waals surface area contributed by atoms with E-state index in [2.05, 4.69) is 86.8 Å². The lowest BCUT2D eigenvalue weighted by atomic mass is 10.0. The maximum atomic E-state index is 12.9. The Labute approximate surface area is 476 Å². The standard InChI is InChI=1S/C67H122NO8P/c1-6-8-10-12-14-16-18-20-22-24-26-28-30-32-33-34-35-36-38-40-42-44-46-48-50-52-54-56-58-60-67(70)76-65(64-75-77(71,72)74-62-61-68(3,4)5)63-73-66(69)59-57-55-53-51-49-47-45-43-41-39-37-31-29-27-25-23-21-19-17-15-13-11-9-7-2/h8,10,14,16,20,22,26,28,32-33,35-36,65H,6-7,9,11-13,15,17-19,21,23-25,27,29-31,34,37-64H2,1-5H3/p+1/b10-8-,16-14-,22-20-,28-26-,33-32-,36-35-. The number of unbranched alkanes of at least 4 members (excludes halogenated alkanes) is 33. The number of allylic oxidation sites excluding steroid dienone is 12. The van der Waals surface area contributed by atoms with Crippen LogP contribution in [0.3, 0.4) is 0 Å². The number of carbonyl (C=O) groups excluding carboxylic acids is 2. The van der Waals surface area contributed by atoms with E-state index >= 15 is 0 Å². The van der Waals surface area contributed by atoms with Gasteiger partial charge in [-0.25, -0.2) is 4.57 Å². The second-order valence-corrected chi connectivity index (χ2v) is 24.2. The number of carbonyl (C=O) groups is 2. The van der Waals surface area contributed by atoms with Crippen LogP contribution in [0.5, 0.6) is 0 Å². The highest BCUT2D eigenvalue weighted by Crippen LogP contribution is 2.43. The van der Waals surface area contributed by atoms with Crippen molar-refractivity contribution in [2.24, 2.45) is 0 Å². The number of nitrogens with zero attached hydrogens (tertiary/aromatic N) is 1. The average molecular weight is 1100 g/mol. The lowest BCUT2D eigenvalue weighted by Crippen LogP contribution is -2.37. The minimum absolute atomic E-state index is 0.0298. The first-order valence-electron chi connectivity index (χ1n) is 32.2. The second kappa shape index (κ2) is 58.1. The Bertz CT molecular complexity index is 1530. The first-order valence-corrected chi connectivity index (χ1v) is 33.7. The number of rotatable bonds is 59. The fourth-order valence-electron chi connectivity index (χ4n) is 9.08. The highest BCUT2D eigenvalue weighted by Gasteiger charge is 2.27. The van der Waals surface area contributed by atoms with E-state index in [9.17, 15) is 19.0 Å². The molecule has 9 nitrogen and oxygen atoms in total. The summed E-state index contributed by atoms with van der Waals surface area (Å²) < 4.78 is 34.7. The lowest BCUT2D eigenvalue weighted by Gasteiger charge is -2.24. The van der Waals surface area contributed by atoms with E-state index in [0.29, 0.717) is 23.9 Å². The average Bonchev–Trinajstić information content (AvgIpc) is 3.39. The Morgan fingerprint density at radius 3 is 1.10 bits per heavy atom. The summed E-state index contributed by atoms with van der Waals surface area (Å²) in [6.45, 7) is 4.35. The molecule has 0 amide bonds. The van der Waals surface area contributed by atoms with E-state index in [-0.39, 0.29) is 25.6 Å². The summed E-state index contributed by atoms with van der Waals surface area (Å²) in [6.07, 6.45) is 77.0. The van der Waals surface area contributed by atoms with Gasteiger partial charge in [-0.3, -0.25) is 18.6 Å². The van der Waals surface area contributed by atoms with Gasteiger partial charge in [0.1, 0.15) is 19.8 Å². The van der Waals surface area contributed by atoms with Crippen molar-refractivity contribution in [3.63, 3.8) is 0 Å². The number of phosphoric ester groups is 1. The molecule has 2 unspecified atom stereocenters. The third kappa shape index (κ3) is 62.5. The highest BCUT2D eigenvalue weighted by molar-refractivity contribution is 7.47. The molecule has 1 N–H and O–H groups in total. The van der Waals surface area contributed by atoms with E-state index in [1.54, 1.807) is 0 Å². The van der Waals surface area contributed by atoms with Crippen molar-refractivity contribution in [3.05, 3.63) is 72.9 Å². The topological polar surface area (TPSA) is 108 Å². The fourth-order valence-corrected chi connectivity index (χ4v) is 9.82. The van der Waals surface area contributed by atoms with Crippen molar-refractivity contribution in [1.82, 2.24) is 0 Å². The smallest absolute Gasteiger partial charge is 0.462 e. The molecule has 0 bridgehead atoms. The molecule has 0 aliphatic carbocycles. The molecule has 0 aromatic heterocycles. The number of ether oxygens (including phenoxy) is 2. The molecule has 0 aromatic rings. The Morgan fingerprint density at radius 1 is 0.416 bits per heavy atom. The van der Waals surface area contributed by atoms with Crippen molar-refractivity contribution in [1.29, 1.82) is 0 Å². The minimum Gasteiger partial charge on any atom is -0.462 e. The molecular formula is C67H123NO8P+. The van der Waals surface area contributed by atoms with Gasteiger partial charge in [0.05, 0.1) is 27.7 Å². The van der Waals surface area contributed by atoms with Crippen LogP contribution in [0.15, 0.2) is 72.9 Å². The van der Waals surface area contributed by atoms with Gasteiger partial charge in [-0.15, -0.1) is 0 Å². The molecule has 0 radical (unpaired) electrons. The molecule has 0 aromatic carbocycles. The lowest BCUT2D eigenvalue weighted by molar-refractivity contribution is -0.870. The molecule has 0 aliphatic rings. The van der Waals surface area contributed by atoms with Crippen LogP contribution in [-0.4, -0.2) is 74.9 Å². The molecule has 10 heteroatoms. The minimum atomic E-state index is -4.39. The molecule has 2 atom stereocenters. The third-order valence-corrected chi connectivity index (χ3v) is 15.0. The molecule has 77 heavy (non-hydrogen) atoms. The molecule has 0 saturated carbocycles. The van der Waals surface area contributed by atoms with Gasteiger partial charge in [0.25, 0.3) is 0 Å². The van der Waals surface area contributed by atoms with Crippen LogP contribution in [0.25, 0.3) is 0 Å². The Morgan fingerprint density at radius 2 is 0.740 bits per heavy atom.